The van der Waals surface area contributed by atoms with Gasteiger partial charge in [0.25, 0.3) is 17.7 Å². The lowest BCUT2D eigenvalue weighted by atomic mass is 10.2. The minimum absolute atomic E-state index is 0.00928. The molecule has 0 aliphatic carbocycles. The van der Waals surface area contributed by atoms with Gasteiger partial charge in [0.05, 0.1) is 19.8 Å². The van der Waals surface area contributed by atoms with E-state index in [2.05, 4.69) is 16.2 Å². The zero-order valence-corrected chi connectivity index (χ0v) is 17.8. The van der Waals surface area contributed by atoms with Crippen LogP contribution in [0.5, 0.6) is 23.0 Å². The zero-order chi connectivity index (χ0) is 22.9. The second-order valence-electron chi connectivity index (χ2n) is 6.61. The topological polar surface area (TPSA) is 124 Å². The standard InChI is InChI=1S/C22H25N3O7/c1-3-29-16-10-9-14(11-18(16)30-4-2)21(27)23-12-20(26)24-25-22(28)19-13-31-15-7-5-6-8-17(15)32-19/h5-11,19H,3-4,12-13H2,1-2H3,(H,23,27)(H,24,26)(H,25,28)/t19-/m0/s1. The van der Waals surface area contributed by atoms with Gasteiger partial charge < -0.3 is 24.3 Å². The van der Waals surface area contributed by atoms with E-state index in [1.165, 1.54) is 0 Å². The van der Waals surface area contributed by atoms with Crippen molar-refractivity contribution in [3.63, 3.8) is 0 Å². The highest BCUT2D eigenvalue weighted by Crippen LogP contribution is 2.31. The van der Waals surface area contributed by atoms with Crippen LogP contribution < -0.4 is 35.1 Å². The van der Waals surface area contributed by atoms with E-state index in [4.69, 9.17) is 18.9 Å². The van der Waals surface area contributed by atoms with E-state index in [9.17, 15) is 14.4 Å². The molecule has 170 valence electrons. The van der Waals surface area contributed by atoms with Crippen LogP contribution in [-0.2, 0) is 9.59 Å². The molecule has 1 heterocycles. The van der Waals surface area contributed by atoms with E-state index in [1.54, 1.807) is 42.5 Å². The SMILES string of the molecule is CCOc1ccc(C(=O)NCC(=O)NNC(=O)[C@@H]2COc3ccccc3O2)cc1OCC. The van der Waals surface area contributed by atoms with Crippen molar-refractivity contribution in [3.05, 3.63) is 48.0 Å². The molecule has 2 aromatic rings. The average Bonchev–Trinajstić information content (AvgIpc) is 2.82. The summed E-state index contributed by atoms with van der Waals surface area (Å²) in [7, 11) is 0. The summed E-state index contributed by atoms with van der Waals surface area (Å²) in [5.41, 5.74) is 4.80. The number of para-hydroxylation sites is 2. The molecule has 0 saturated heterocycles. The van der Waals surface area contributed by atoms with Gasteiger partial charge in [-0.2, -0.15) is 0 Å². The van der Waals surface area contributed by atoms with Gasteiger partial charge in [0.2, 0.25) is 6.10 Å². The Hall–Kier alpha value is -3.95. The fraction of sp³-hybridized carbons (Fsp3) is 0.318. The fourth-order valence-electron chi connectivity index (χ4n) is 2.86. The average molecular weight is 443 g/mol. The Morgan fingerprint density at radius 2 is 1.69 bits per heavy atom. The molecular formula is C22H25N3O7. The van der Waals surface area contributed by atoms with Crippen LogP contribution in [0.3, 0.4) is 0 Å². The Morgan fingerprint density at radius 1 is 0.969 bits per heavy atom. The Balaban J connectivity index is 1.46. The maximum Gasteiger partial charge on any atom is 0.283 e. The number of carbonyl (C=O) groups excluding carboxylic acids is 3. The molecule has 3 N–H and O–H groups in total. The number of hydrogen-bond donors (Lipinski definition) is 3. The highest BCUT2D eigenvalue weighted by atomic mass is 16.6. The molecule has 1 aliphatic rings. The zero-order valence-electron chi connectivity index (χ0n) is 17.8. The molecule has 3 rings (SSSR count). The Bertz CT molecular complexity index is 980. The Kier molecular flexibility index (Phi) is 7.74. The fourth-order valence-corrected chi connectivity index (χ4v) is 2.86. The number of benzene rings is 2. The smallest absolute Gasteiger partial charge is 0.283 e. The van der Waals surface area contributed by atoms with E-state index in [0.717, 1.165) is 0 Å². The number of rotatable bonds is 8. The van der Waals surface area contributed by atoms with Crippen LogP contribution in [-0.4, -0.2) is 50.2 Å². The summed E-state index contributed by atoms with van der Waals surface area (Å²) in [5, 5.41) is 2.48. The Morgan fingerprint density at radius 3 is 2.44 bits per heavy atom. The second-order valence-corrected chi connectivity index (χ2v) is 6.61. The van der Waals surface area contributed by atoms with Crippen molar-refractivity contribution in [2.24, 2.45) is 0 Å². The number of carbonyl (C=O) groups is 3. The molecule has 0 aromatic heterocycles. The molecule has 0 bridgehead atoms. The molecular weight excluding hydrogens is 418 g/mol. The first kappa shape index (κ1) is 22.7. The summed E-state index contributed by atoms with van der Waals surface area (Å²) >= 11 is 0. The number of nitrogens with one attached hydrogen (secondary N) is 3. The van der Waals surface area contributed by atoms with Crippen molar-refractivity contribution >= 4 is 17.7 Å². The maximum absolute atomic E-state index is 12.4. The van der Waals surface area contributed by atoms with Crippen LogP contribution in [0, 0.1) is 0 Å². The first-order valence-electron chi connectivity index (χ1n) is 10.2. The van der Waals surface area contributed by atoms with Gasteiger partial charge in [-0.15, -0.1) is 0 Å². The molecule has 10 nitrogen and oxygen atoms in total. The number of ether oxygens (including phenoxy) is 4. The van der Waals surface area contributed by atoms with E-state index in [0.29, 0.717) is 41.8 Å². The second kappa shape index (κ2) is 10.9. The van der Waals surface area contributed by atoms with Crippen LogP contribution in [0.4, 0.5) is 0 Å². The molecule has 0 fully saturated rings. The normalized spacial score (nSPS) is 14.1. The van der Waals surface area contributed by atoms with Crippen molar-refractivity contribution in [2.75, 3.05) is 26.4 Å². The molecule has 3 amide bonds. The van der Waals surface area contributed by atoms with Crippen molar-refractivity contribution in [2.45, 2.75) is 20.0 Å². The summed E-state index contributed by atoms with van der Waals surface area (Å²) in [5.74, 6) is 0.296. The lowest BCUT2D eigenvalue weighted by Crippen LogP contribution is -2.52. The molecule has 0 spiro atoms. The van der Waals surface area contributed by atoms with Crippen LogP contribution in [0.15, 0.2) is 42.5 Å². The molecule has 10 heteroatoms. The van der Waals surface area contributed by atoms with Gasteiger partial charge in [-0.3, -0.25) is 25.2 Å². The minimum atomic E-state index is -0.916. The first-order chi connectivity index (χ1) is 15.5. The minimum Gasteiger partial charge on any atom is -0.490 e. The number of fused-ring (bicyclic) bond motifs is 1. The summed E-state index contributed by atoms with van der Waals surface area (Å²) in [6.07, 6.45) is -0.916. The monoisotopic (exact) mass is 443 g/mol. The summed E-state index contributed by atoms with van der Waals surface area (Å²) < 4.78 is 22.0. The van der Waals surface area contributed by atoms with Gasteiger partial charge in [0, 0.05) is 5.56 Å². The third kappa shape index (κ3) is 5.81. The quantitative estimate of drug-likeness (QED) is 0.524. The maximum atomic E-state index is 12.4. The van der Waals surface area contributed by atoms with Gasteiger partial charge in [0.1, 0.15) is 6.61 Å². The first-order valence-corrected chi connectivity index (χ1v) is 10.2. The summed E-state index contributed by atoms with van der Waals surface area (Å²) in [4.78, 5) is 36.6. The molecule has 1 aliphatic heterocycles. The van der Waals surface area contributed by atoms with Crippen LogP contribution in [0.1, 0.15) is 24.2 Å². The number of amides is 3. The lowest BCUT2D eigenvalue weighted by Gasteiger charge is -2.25. The molecule has 0 unspecified atom stereocenters. The predicted molar refractivity (Wildman–Crippen MR) is 114 cm³/mol. The van der Waals surface area contributed by atoms with Gasteiger partial charge in [0.15, 0.2) is 23.0 Å². The van der Waals surface area contributed by atoms with E-state index < -0.39 is 23.8 Å². The predicted octanol–water partition coefficient (Wildman–Crippen LogP) is 1.20. The van der Waals surface area contributed by atoms with Crippen LogP contribution in [0.2, 0.25) is 0 Å². The van der Waals surface area contributed by atoms with Gasteiger partial charge in [-0.1, -0.05) is 12.1 Å². The highest BCUT2D eigenvalue weighted by molar-refractivity contribution is 5.97. The van der Waals surface area contributed by atoms with Gasteiger partial charge in [-0.25, -0.2) is 0 Å². The molecule has 0 radical (unpaired) electrons. The third-order valence-corrected chi connectivity index (χ3v) is 4.34. The van der Waals surface area contributed by atoms with Crippen molar-refractivity contribution in [3.8, 4) is 23.0 Å². The van der Waals surface area contributed by atoms with Crippen molar-refractivity contribution in [1.82, 2.24) is 16.2 Å². The summed E-state index contributed by atoms with van der Waals surface area (Å²) in [6.45, 7) is 4.21. The van der Waals surface area contributed by atoms with Gasteiger partial charge in [-0.05, 0) is 44.2 Å². The number of hydrazine groups is 1. The third-order valence-electron chi connectivity index (χ3n) is 4.34. The van der Waals surface area contributed by atoms with Crippen LogP contribution in [0.25, 0.3) is 0 Å². The lowest BCUT2D eigenvalue weighted by molar-refractivity contribution is -0.134. The largest absolute Gasteiger partial charge is 0.490 e. The van der Waals surface area contributed by atoms with E-state index in [1.807, 2.05) is 13.8 Å². The molecule has 2 aromatic carbocycles. The molecule has 1 atom stereocenters. The van der Waals surface area contributed by atoms with Crippen molar-refractivity contribution in [1.29, 1.82) is 0 Å². The molecule has 32 heavy (non-hydrogen) atoms. The van der Waals surface area contributed by atoms with E-state index >= 15 is 0 Å². The Labute approximate surface area is 185 Å². The van der Waals surface area contributed by atoms with Gasteiger partial charge >= 0.3 is 0 Å². The van der Waals surface area contributed by atoms with E-state index in [-0.39, 0.29) is 13.2 Å². The molecule has 0 saturated carbocycles. The van der Waals surface area contributed by atoms with Crippen LogP contribution >= 0.6 is 0 Å². The van der Waals surface area contributed by atoms with Crippen molar-refractivity contribution < 1.29 is 33.3 Å². The highest BCUT2D eigenvalue weighted by Gasteiger charge is 2.27. The number of hydrogen-bond acceptors (Lipinski definition) is 7. The summed E-state index contributed by atoms with van der Waals surface area (Å²) in [6, 6.07) is 11.7.